The van der Waals surface area contributed by atoms with Crippen molar-refractivity contribution in [3.05, 3.63) is 28.3 Å². The Kier molecular flexibility index (Phi) is 6.37. The van der Waals surface area contributed by atoms with Crippen LogP contribution in [0.15, 0.2) is 18.2 Å². The molecule has 0 aliphatic carbocycles. The van der Waals surface area contributed by atoms with Gasteiger partial charge in [-0.05, 0) is 6.07 Å². The molecule has 36 heavy (non-hydrogen) atoms. The van der Waals surface area contributed by atoms with Crippen LogP contribution in [0.4, 0.5) is 28.7 Å². The van der Waals surface area contributed by atoms with Crippen molar-refractivity contribution < 1.29 is 14.4 Å². The van der Waals surface area contributed by atoms with Crippen LogP contribution >= 0.6 is 11.3 Å². The van der Waals surface area contributed by atoms with Gasteiger partial charge in [-0.3, -0.25) is 10.1 Å². The van der Waals surface area contributed by atoms with Gasteiger partial charge in [-0.2, -0.15) is 15.0 Å². The van der Waals surface area contributed by atoms with Gasteiger partial charge >= 0.3 is 0 Å². The lowest BCUT2D eigenvalue weighted by Gasteiger charge is -2.36. The molecular weight excluding hydrogens is 486 g/mol. The fourth-order valence-electron chi connectivity index (χ4n) is 4.54. The maximum atomic E-state index is 11.1. The van der Waals surface area contributed by atoms with Crippen LogP contribution in [0.25, 0.3) is 10.2 Å². The van der Waals surface area contributed by atoms with E-state index < -0.39 is 0 Å². The summed E-state index contributed by atoms with van der Waals surface area (Å²) in [7, 11) is 0. The Hall–Kier alpha value is -3.36. The molecular formula is C22H27N9O4S. The number of morpholine rings is 2. The highest BCUT2D eigenvalue weighted by molar-refractivity contribution is 7.22. The number of nitro groups is 1. The number of thiazole rings is 1. The molecule has 6 rings (SSSR count). The summed E-state index contributed by atoms with van der Waals surface area (Å²) in [6.45, 7) is 8.69. The number of nitro benzene ring substituents is 1. The Morgan fingerprint density at radius 2 is 1.22 bits per heavy atom. The number of nitrogens with zero attached hydrogens (tertiary/aromatic N) is 9. The minimum Gasteiger partial charge on any atom is -0.378 e. The maximum absolute atomic E-state index is 11.1. The molecule has 13 nitrogen and oxygen atoms in total. The zero-order valence-corrected chi connectivity index (χ0v) is 20.6. The zero-order chi connectivity index (χ0) is 24.5. The number of hydrogen-bond donors (Lipinski definition) is 0. The predicted octanol–water partition coefficient (Wildman–Crippen LogP) is 1.39. The van der Waals surface area contributed by atoms with Gasteiger partial charge in [0.2, 0.25) is 17.8 Å². The van der Waals surface area contributed by atoms with Crippen LogP contribution in [0.2, 0.25) is 0 Å². The van der Waals surface area contributed by atoms with Crippen molar-refractivity contribution in [3.63, 3.8) is 0 Å². The second kappa shape index (κ2) is 9.95. The molecule has 0 atom stereocenters. The third-order valence-corrected chi connectivity index (χ3v) is 7.67. The van der Waals surface area contributed by atoms with Crippen LogP contribution in [-0.2, 0) is 9.47 Å². The number of ether oxygens (including phenoxy) is 2. The summed E-state index contributed by atoms with van der Waals surface area (Å²) < 4.78 is 11.9. The van der Waals surface area contributed by atoms with Gasteiger partial charge < -0.3 is 29.1 Å². The average molecular weight is 514 g/mol. The summed E-state index contributed by atoms with van der Waals surface area (Å²) in [6, 6.07) is 4.81. The number of aromatic nitrogens is 4. The van der Waals surface area contributed by atoms with Crippen molar-refractivity contribution >= 4 is 50.2 Å². The Balaban J connectivity index is 1.21. The van der Waals surface area contributed by atoms with Crippen molar-refractivity contribution in [1.29, 1.82) is 0 Å². The second-order valence-corrected chi connectivity index (χ2v) is 9.82. The molecule has 1 aromatic carbocycles. The summed E-state index contributed by atoms with van der Waals surface area (Å²) >= 11 is 1.49. The van der Waals surface area contributed by atoms with Crippen molar-refractivity contribution in [2.24, 2.45) is 0 Å². The van der Waals surface area contributed by atoms with E-state index in [1.165, 1.54) is 17.4 Å². The first-order valence-electron chi connectivity index (χ1n) is 12.1. The Bertz CT molecular complexity index is 1200. The van der Waals surface area contributed by atoms with Crippen molar-refractivity contribution in [1.82, 2.24) is 19.9 Å². The molecule has 0 bridgehead atoms. The lowest BCUT2D eigenvalue weighted by atomic mass is 10.3. The number of piperazine rings is 1. The van der Waals surface area contributed by atoms with E-state index in [9.17, 15) is 10.1 Å². The van der Waals surface area contributed by atoms with Crippen LogP contribution in [0, 0.1) is 10.1 Å². The smallest absolute Gasteiger partial charge is 0.270 e. The van der Waals surface area contributed by atoms with Crippen LogP contribution in [-0.4, -0.2) is 104 Å². The number of benzene rings is 1. The highest BCUT2D eigenvalue weighted by atomic mass is 32.1. The van der Waals surface area contributed by atoms with E-state index >= 15 is 0 Å². The van der Waals surface area contributed by atoms with E-state index in [0.29, 0.717) is 44.3 Å². The topological polar surface area (TPSA) is 126 Å². The molecule has 3 saturated heterocycles. The van der Waals surface area contributed by atoms with Gasteiger partial charge in [0.15, 0.2) is 5.13 Å². The summed E-state index contributed by atoms with van der Waals surface area (Å²) in [6.07, 6.45) is 0. The third-order valence-electron chi connectivity index (χ3n) is 6.59. The van der Waals surface area contributed by atoms with Crippen LogP contribution in [0.1, 0.15) is 0 Å². The molecule has 0 amide bonds. The molecule has 0 spiro atoms. The normalized spacial score (nSPS) is 19.2. The maximum Gasteiger partial charge on any atom is 0.270 e. The van der Waals surface area contributed by atoms with E-state index in [1.807, 2.05) is 0 Å². The lowest BCUT2D eigenvalue weighted by Crippen LogP contribution is -2.47. The zero-order valence-electron chi connectivity index (χ0n) is 19.8. The van der Waals surface area contributed by atoms with E-state index in [1.54, 1.807) is 12.1 Å². The van der Waals surface area contributed by atoms with Gasteiger partial charge in [0, 0.05) is 64.5 Å². The molecule has 14 heteroatoms. The molecule has 190 valence electrons. The van der Waals surface area contributed by atoms with Crippen LogP contribution in [0.5, 0.6) is 0 Å². The first kappa shape index (κ1) is 23.1. The van der Waals surface area contributed by atoms with E-state index in [4.69, 9.17) is 29.4 Å². The first-order chi connectivity index (χ1) is 17.6. The molecule has 0 radical (unpaired) electrons. The van der Waals surface area contributed by atoms with Gasteiger partial charge in [-0.25, -0.2) is 4.98 Å². The fourth-order valence-corrected chi connectivity index (χ4v) is 5.59. The Morgan fingerprint density at radius 1 is 0.722 bits per heavy atom. The molecule has 3 aromatic rings. The fraction of sp³-hybridized carbons (Fsp3) is 0.545. The quantitative estimate of drug-likeness (QED) is 0.361. The van der Waals surface area contributed by atoms with Gasteiger partial charge in [0.25, 0.3) is 5.69 Å². The molecule has 2 aromatic heterocycles. The highest BCUT2D eigenvalue weighted by Crippen LogP contribution is 2.32. The number of hydrogen-bond acceptors (Lipinski definition) is 13. The van der Waals surface area contributed by atoms with Gasteiger partial charge in [0.05, 0.1) is 41.6 Å². The number of rotatable bonds is 5. The summed E-state index contributed by atoms with van der Waals surface area (Å²) in [5.74, 6) is 2.08. The highest BCUT2D eigenvalue weighted by Gasteiger charge is 2.26. The Labute approximate surface area is 211 Å². The lowest BCUT2D eigenvalue weighted by molar-refractivity contribution is -0.384. The predicted molar refractivity (Wildman–Crippen MR) is 137 cm³/mol. The summed E-state index contributed by atoms with van der Waals surface area (Å²) in [5, 5.41) is 12.0. The monoisotopic (exact) mass is 513 g/mol. The van der Waals surface area contributed by atoms with E-state index in [2.05, 4.69) is 19.6 Å². The average Bonchev–Trinajstić information content (AvgIpc) is 3.37. The first-order valence-corrected chi connectivity index (χ1v) is 12.9. The molecule has 0 N–H and O–H groups in total. The van der Waals surface area contributed by atoms with Crippen molar-refractivity contribution in [2.45, 2.75) is 0 Å². The molecule has 3 aliphatic heterocycles. The third kappa shape index (κ3) is 4.70. The largest absolute Gasteiger partial charge is 0.378 e. The standard InChI is InChI=1S/C22H27N9O4S/c32-31(33)16-1-2-17-18(15-16)36-22(23-17)30-5-3-27(4-6-30)19-24-20(28-7-11-34-12-8-28)26-21(25-19)29-9-13-35-14-10-29/h1-2,15H,3-14H2. The number of non-ortho nitro benzene ring substituents is 1. The van der Waals surface area contributed by atoms with Crippen LogP contribution in [0.3, 0.4) is 0 Å². The minimum atomic E-state index is -0.372. The van der Waals surface area contributed by atoms with Crippen LogP contribution < -0.4 is 19.6 Å². The SMILES string of the molecule is O=[N+]([O-])c1ccc2nc(N3CCN(c4nc(N5CCOCC5)nc(N5CCOCC5)n4)CC3)sc2c1. The molecule has 0 saturated carbocycles. The summed E-state index contributed by atoms with van der Waals surface area (Å²) in [5.41, 5.74) is 0.871. The van der Waals surface area contributed by atoms with Gasteiger partial charge in [0.1, 0.15) is 0 Å². The molecule has 3 fully saturated rings. The van der Waals surface area contributed by atoms with Crippen molar-refractivity contribution in [3.8, 4) is 0 Å². The molecule has 0 unspecified atom stereocenters. The summed E-state index contributed by atoms with van der Waals surface area (Å²) in [4.78, 5) is 38.7. The van der Waals surface area contributed by atoms with E-state index in [0.717, 1.165) is 67.7 Å². The number of fused-ring (bicyclic) bond motifs is 1. The molecule has 3 aliphatic rings. The Morgan fingerprint density at radius 3 is 1.75 bits per heavy atom. The van der Waals surface area contributed by atoms with E-state index in [-0.39, 0.29) is 10.6 Å². The number of anilines is 4. The van der Waals surface area contributed by atoms with Crippen molar-refractivity contribution in [2.75, 3.05) is 98.4 Å². The van der Waals surface area contributed by atoms with Gasteiger partial charge in [-0.15, -0.1) is 0 Å². The molecule has 5 heterocycles. The minimum absolute atomic E-state index is 0.0875. The second-order valence-electron chi connectivity index (χ2n) is 8.81. The van der Waals surface area contributed by atoms with Gasteiger partial charge in [-0.1, -0.05) is 11.3 Å².